The van der Waals surface area contributed by atoms with Crippen molar-refractivity contribution in [1.29, 1.82) is 0 Å². The zero-order valence-corrected chi connectivity index (χ0v) is 5.12. The second-order valence-electron chi connectivity index (χ2n) is 2.24. The predicted octanol–water partition coefficient (Wildman–Crippen LogP) is 2.51. The molecule has 0 heteroatoms. The third kappa shape index (κ3) is 0.696. The maximum absolute atomic E-state index is 2.24. The van der Waals surface area contributed by atoms with Gasteiger partial charge in [-0.3, -0.25) is 0 Å². The van der Waals surface area contributed by atoms with E-state index in [1.807, 2.05) is 0 Å². The zero-order valence-electron chi connectivity index (χ0n) is 5.12. The van der Waals surface area contributed by atoms with Crippen molar-refractivity contribution in [2.24, 2.45) is 0 Å². The average Bonchev–Trinajstić information content (AvgIpc) is 1.65. The van der Waals surface area contributed by atoms with Gasteiger partial charge in [-0.05, 0) is 26.2 Å². The molecule has 0 aromatic rings. The van der Waals surface area contributed by atoms with Crippen LogP contribution in [-0.4, -0.2) is 0 Å². The van der Waals surface area contributed by atoms with Crippen molar-refractivity contribution in [3.8, 4) is 0 Å². The van der Waals surface area contributed by atoms with E-state index in [1.54, 1.807) is 11.1 Å². The smallest absolute Gasteiger partial charge is 0.0280 e. The Kier molecular flexibility index (Phi) is 1.18. The molecule has 0 unspecified atom stereocenters. The summed E-state index contributed by atoms with van der Waals surface area (Å²) in [7, 11) is 0. The zero-order chi connectivity index (χ0) is 5.28. The van der Waals surface area contributed by atoms with Gasteiger partial charge in [0.1, 0.15) is 0 Å². The molecule has 0 heterocycles. The van der Waals surface area contributed by atoms with E-state index in [1.165, 1.54) is 19.3 Å². The molecule has 0 aromatic heterocycles. The summed E-state index contributed by atoms with van der Waals surface area (Å²) in [6, 6.07) is 0. The topological polar surface area (TPSA) is 0 Å². The number of rotatable bonds is 1. The summed E-state index contributed by atoms with van der Waals surface area (Å²) < 4.78 is 0. The minimum Gasteiger partial charge on any atom is -0.0738 e. The maximum atomic E-state index is 2.24. The van der Waals surface area contributed by atoms with Gasteiger partial charge in [0.05, 0.1) is 0 Å². The number of hydrogen-bond acceptors (Lipinski definition) is 0. The molecule has 0 saturated heterocycles. The molecule has 0 saturated carbocycles. The van der Waals surface area contributed by atoms with Crippen molar-refractivity contribution in [2.75, 3.05) is 0 Å². The maximum Gasteiger partial charge on any atom is -0.0280 e. The molecule has 0 atom stereocenters. The fourth-order valence-corrected chi connectivity index (χ4v) is 1.03. The van der Waals surface area contributed by atoms with Gasteiger partial charge in [-0.1, -0.05) is 18.1 Å². The molecule has 0 N–H and O–H groups in total. The van der Waals surface area contributed by atoms with E-state index in [4.69, 9.17) is 0 Å². The molecular weight excluding hydrogens is 84.1 g/mol. The summed E-state index contributed by atoms with van der Waals surface area (Å²) in [6.07, 6.45) is 4.03. The van der Waals surface area contributed by atoms with Crippen LogP contribution < -0.4 is 0 Å². The largest absolute Gasteiger partial charge is 0.0738 e. The Morgan fingerprint density at radius 2 is 2.14 bits per heavy atom. The minimum atomic E-state index is 1.28. The molecule has 0 bridgehead atoms. The second kappa shape index (κ2) is 1.69. The first kappa shape index (κ1) is 4.89. The van der Waals surface area contributed by atoms with Crippen LogP contribution in [0.1, 0.15) is 33.1 Å². The molecule has 0 fully saturated rings. The van der Waals surface area contributed by atoms with Gasteiger partial charge >= 0.3 is 0 Å². The van der Waals surface area contributed by atoms with Crippen molar-refractivity contribution in [3.05, 3.63) is 11.1 Å². The molecule has 0 aliphatic heterocycles. The highest BCUT2D eigenvalue weighted by molar-refractivity contribution is 5.21. The van der Waals surface area contributed by atoms with E-state index in [0.29, 0.717) is 0 Å². The van der Waals surface area contributed by atoms with E-state index in [0.717, 1.165) is 0 Å². The first-order valence-electron chi connectivity index (χ1n) is 3.02. The van der Waals surface area contributed by atoms with Crippen LogP contribution >= 0.6 is 0 Å². The molecule has 0 spiro atoms. The molecule has 7 heavy (non-hydrogen) atoms. The molecule has 40 valence electrons. The van der Waals surface area contributed by atoms with Crippen LogP contribution in [0.2, 0.25) is 0 Å². The summed E-state index contributed by atoms with van der Waals surface area (Å²) >= 11 is 0. The van der Waals surface area contributed by atoms with Crippen LogP contribution in [-0.2, 0) is 0 Å². The van der Waals surface area contributed by atoms with Crippen LogP contribution in [0.25, 0.3) is 0 Å². The first-order valence-corrected chi connectivity index (χ1v) is 3.02. The Bertz CT molecular complexity index is 98.6. The predicted molar refractivity (Wildman–Crippen MR) is 32.2 cm³/mol. The quantitative estimate of drug-likeness (QED) is 0.440. The van der Waals surface area contributed by atoms with Crippen molar-refractivity contribution >= 4 is 0 Å². The number of hydrogen-bond donors (Lipinski definition) is 0. The third-order valence-corrected chi connectivity index (χ3v) is 1.83. The Hall–Kier alpha value is -0.260. The van der Waals surface area contributed by atoms with Gasteiger partial charge in [0.2, 0.25) is 0 Å². The van der Waals surface area contributed by atoms with Gasteiger partial charge in [0, 0.05) is 0 Å². The summed E-state index contributed by atoms with van der Waals surface area (Å²) in [5.41, 5.74) is 3.34. The highest BCUT2D eigenvalue weighted by atomic mass is 14.1. The second-order valence-corrected chi connectivity index (χ2v) is 2.24. The molecule has 0 amide bonds. The van der Waals surface area contributed by atoms with Crippen LogP contribution in [0.4, 0.5) is 0 Å². The van der Waals surface area contributed by atoms with Crippen LogP contribution in [0.3, 0.4) is 0 Å². The van der Waals surface area contributed by atoms with E-state index >= 15 is 0 Å². The lowest BCUT2D eigenvalue weighted by Gasteiger charge is -2.18. The fraction of sp³-hybridized carbons (Fsp3) is 0.714. The Morgan fingerprint density at radius 3 is 2.14 bits per heavy atom. The monoisotopic (exact) mass is 96.1 g/mol. The van der Waals surface area contributed by atoms with Crippen molar-refractivity contribution in [3.63, 3.8) is 0 Å². The van der Waals surface area contributed by atoms with Crippen LogP contribution in [0.5, 0.6) is 0 Å². The average molecular weight is 96.2 g/mol. The summed E-state index contributed by atoms with van der Waals surface area (Å²) in [4.78, 5) is 0. The van der Waals surface area contributed by atoms with Gasteiger partial charge in [-0.15, -0.1) is 0 Å². The Labute approximate surface area is 45.2 Å². The van der Waals surface area contributed by atoms with Gasteiger partial charge in [0.15, 0.2) is 0 Å². The first-order chi connectivity index (χ1) is 3.34. The van der Waals surface area contributed by atoms with Gasteiger partial charge in [0.25, 0.3) is 0 Å². The summed E-state index contributed by atoms with van der Waals surface area (Å²) in [6.45, 7) is 4.47. The van der Waals surface area contributed by atoms with Crippen LogP contribution in [0.15, 0.2) is 11.1 Å². The van der Waals surface area contributed by atoms with Gasteiger partial charge in [-0.2, -0.15) is 0 Å². The van der Waals surface area contributed by atoms with Gasteiger partial charge in [-0.25, -0.2) is 0 Å². The molecule has 1 rings (SSSR count). The SMILES string of the molecule is CCC1=C(C)CC1. The summed E-state index contributed by atoms with van der Waals surface area (Å²) in [5.74, 6) is 0. The van der Waals surface area contributed by atoms with Crippen LogP contribution in [0, 0.1) is 0 Å². The molecule has 1 aliphatic rings. The molecule has 0 radical (unpaired) electrons. The standard InChI is InChI=1S/C7H12/c1-3-7-5-4-6(7)2/h3-5H2,1-2H3. The molecular formula is C7H12. The lowest BCUT2D eigenvalue weighted by molar-refractivity contribution is 0.755. The lowest BCUT2D eigenvalue weighted by atomic mass is 9.88. The third-order valence-electron chi connectivity index (χ3n) is 1.83. The van der Waals surface area contributed by atoms with E-state index < -0.39 is 0 Å². The highest BCUT2D eigenvalue weighted by Crippen LogP contribution is 2.28. The normalized spacial score (nSPS) is 19.7. The van der Waals surface area contributed by atoms with E-state index in [2.05, 4.69) is 13.8 Å². The van der Waals surface area contributed by atoms with E-state index in [9.17, 15) is 0 Å². The molecule has 1 aliphatic carbocycles. The highest BCUT2D eigenvalue weighted by Gasteiger charge is 2.08. The Balaban J connectivity index is 2.53. The minimum absolute atomic E-state index is 1.28. The number of allylic oxidation sites excluding steroid dienone is 2. The van der Waals surface area contributed by atoms with Crippen molar-refractivity contribution < 1.29 is 0 Å². The van der Waals surface area contributed by atoms with Gasteiger partial charge < -0.3 is 0 Å². The lowest BCUT2D eigenvalue weighted by Crippen LogP contribution is -1.98. The molecule has 0 aromatic carbocycles. The van der Waals surface area contributed by atoms with E-state index in [-0.39, 0.29) is 0 Å². The Morgan fingerprint density at radius 1 is 1.43 bits per heavy atom. The van der Waals surface area contributed by atoms with Crippen molar-refractivity contribution in [1.82, 2.24) is 0 Å². The van der Waals surface area contributed by atoms with Crippen molar-refractivity contribution in [2.45, 2.75) is 33.1 Å². The summed E-state index contributed by atoms with van der Waals surface area (Å²) in [5, 5.41) is 0. The fourth-order valence-electron chi connectivity index (χ4n) is 1.03. The molecule has 0 nitrogen and oxygen atoms in total.